The number of piperidine rings is 1. The third kappa shape index (κ3) is 3.14. The molecule has 1 aromatic carbocycles. The molecule has 0 saturated carbocycles. The second-order valence-electron chi connectivity index (χ2n) is 5.10. The lowest BCUT2D eigenvalue weighted by molar-refractivity contribution is -0.118. The molecule has 108 valence electrons. The van der Waals surface area contributed by atoms with E-state index >= 15 is 0 Å². The van der Waals surface area contributed by atoms with Crippen LogP contribution in [0.25, 0.3) is 11.0 Å². The van der Waals surface area contributed by atoms with Gasteiger partial charge in [-0.1, -0.05) is 6.42 Å². The molecule has 0 spiro atoms. The van der Waals surface area contributed by atoms with E-state index in [1.54, 1.807) is 0 Å². The molecule has 1 aromatic heterocycles. The minimum absolute atomic E-state index is 0. The number of carbonyl (C=O) groups excluding carboxylic acids is 1. The predicted molar refractivity (Wildman–Crippen MR) is 82.5 cm³/mol. The van der Waals surface area contributed by atoms with Crippen LogP contribution in [-0.2, 0) is 4.79 Å². The highest BCUT2D eigenvalue weighted by molar-refractivity contribution is 5.96. The van der Waals surface area contributed by atoms with Crippen molar-refractivity contribution in [1.82, 2.24) is 5.32 Å². The van der Waals surface area contributed by atoms with Crippen molar-refractivity contribution in [1.29, 1.82) is 0 Å². The van der Waals surface area contributed by atoms with E-state index in [9.17, 15) is 4.79 Å². The van der Waals surface area contributed by atoms with Gasteiger partial charge in [-0.25, -0.2) is 0 Å². The SMILES string of the molecule is Cc1cc2cc(NC(=O)[C@H]3CCCCN3)ccc2o1.Cl. The van der Waals surface area contributed by atoms with E-state index in [4.69, 9.17) is 4.42 Å². The largest absolute Gasteiger partial charge is 0.461 e. The van der Waals surface area contributed by atoms with E-state index in [1.165, 1.54) is 0 Å². The number of aryl methyl sites for hydroxylation is 1. The topological polar surface area (TPSA) is 54.3 Å². The molecule has 5 heteroatoms. The molecule has 2 N–H and O–H groups in total. The summed E-state index contributed by atoms with van der Waals surface area (Å²) < 4.78 is 5.52. The molecule has 1 atom stereocenters. The van der Waals surface area contributed by atoms with E-state index in [0.717, 1.165) is 48.2 Å². The first-order valence-corrected chi connectivity index (χ1v) is 6.77. The van der Waals surface area contributed by atoms with Crippen LogP contribution >= 0.6 is 12.4 Å². The zero-order chi connectivity index (χ0) is 13.2. The molecule has 1 aliphatic rings. The highest BCUT2D eigenvalue weighted by Crippen LogP contribution is 2.23. The fraction of sp³-hybridized carbons (Fsp3) is 0.400. The maximum Gasteiger partial charge on any atom is 0.241 e. The number of benzene rings is 1. The molecule has 20 heavy (non-hydrogen) atoms. The molecule has 0 radical (unpaired) electrons. The van der Waals surface area contributed by atoms with E-state index < -0.39 is 0 Å². The fourth-order valence-corrected chi connectivity index (χ4v) is 2.56. The smallest absolute Gasteiger partial charge is 0.241 e. The molecular weight excluding hydrogens is 276 g/mol. The average Bonchev–Trinajstić information content (AvgIpc) is 2.79. The highest BCUT2D eigenvalue weighted by atomic mass is 35.5. The summed E-state index contributed by atoms with van der Waals surface area (Å²) in [6, 6.07) is 7.64. The Bertz CT molecular complexity index is 603. The normalized spacial score (nSPS) is 18.6. The van der Waals surface area contributed by atoms with Gasteiger partial charge in [0.15, 0.2) is 0 Å². The predicted octanol–water partition coefficient (Wildman–Crippen LogP) is 3.24. The van der Waals surface area contributed by atoms with Crippen LogP contribution in [0.2, 0.25) is 0 Å². The molecular formula is C15H19ClN2O2. The first-order valence-electron chi connectivity index (χ1n) is 6.77. The quantitative estimate of drug-likeness (QED) is 0.894. The van der Waals surface area contributed by atoms with E-state index in [0.29, 0.717) is 0 Å². The molecule has 0 unspecified atom stereocenters. The third-order valence-corrected chi connectivity index (χ3v) is 3.53. The van der Waals surface area contributed by atoms with Crippen molar-refractivity contribution in [2.75, 3.05) is 11.9 Å². The summed E-state index contributed by atoms with van der Waals surface area (Å²) >= 11 is 0. The molecule has 2 aromatic rings. The van der Waals surface area contributed by atoms with Crippen LogP contribution in [-0.4, -0.2) is 18.5 Å². The highest BCUT2D eigenvalue weighted by Gasteiger charge is 2.20. The number of halogens is 1. The van der Waals surface area contributed by atoms with E-state index in [1.807, 2.05) is 31.2 Å². The van der Waals surface area contributed by atoms with Crippen LogP contribution in [0, 0.1) is 6.92 Å². The van der Waals surface area contributed by atoms with Crippen molar-refractivity contribution in [3.8, 4) is 0 Å². The molecule has 2 heterocycles. The van der Waals surface area contributed by atoms with Gasteiger partial charge in [-0.3, -0.25) is 4.79 Å². The van der Waals surface area contributed by atoms with Gasteiger partial charge in [-0.2, -0.15) is 0 Å². The van der Waals surface area contributed by atoms with Gasteiger partial charge in [0, 0.05) is 11.1 Å². The fourth-order valence-electron chi connectivity index (χ4n) is 2.56. The minimum Gasteiger partial charge on any atom is -0.461 e. The lowest BCUT2D eigenvalue weighted by atomic mass is 10.0. The van der Waals surface area contributed by atoms with Gasteiger partial charge in [-0.05, 0) is 50.6 Å². The zero-order valence-electron chi connectivity index (χ0n) is 11.4. The second-order valence-corrected chi connectivity index (χ2v) is 5.10. The van der Waals surface area contributed by atoms with Crippen molar-refractivity contribution in [3.63, 3.8) is 0 Å². The minimum atomic E-state index is -0.0597. The Morgan fingerprint density at radius 1 is 1.35 bits per heavy atom. The van der Waals surface area contributed by atoms with Gasteiger partial charge < -0.3 is 15.1 Å². The van der Waals surface area contributed by atoms with Gasteiger partial charge in [0.1, 0.15) is 11.3 Å². The van der Waals surface area contributed by atoms with Crippen LogP contribution in [0.1, 0.15) is 25.0 Å². The van der Waals surface area contributed by atoms with Crippen LogP contribution in [0.15, 0.2) is 28.7 Å². The average molecular weight is 295 g/mol. The first kappa shape index (κ1) is 14.9. The summed E-state index contributed by atoms with van der Waals surface area (Å²) in [5.41, 5.74) is 1.68. The Morgan fingerprint density at radius 3 is 2.95 bits per heavy atom. The number of amides is 1. The van der Waals surface area contributed by atoms with Gasteiger partial charge >= 0.3 is 0 Å². The molecule has 1 aliphatic heterocycles. The summed E-state index contributed by atoms with van der Waals surface area (Å²) in [4.78, 5) is 12.1. The number of hydrogen-bond donors (Lipinski definition) is 2. The van der Waals surface area contributed by atoms with Crippen LogP contribution in [0.4, 0.5) is 5.69 Å². The Hall–Kier alpha value is -1.52. The molecule has 4 nitrogen and oxygen atoms in total. The van der Waals surface area contributed by atoms with Gasteiger partial charge in [0.05, 0.1) is 6.04 Å². The summed E-state index contributed by atoms with van der Waals surface area (Å²) in [6.07, 6.45) is 3.19. The Kier molecular flexibility index (Phi) is 4.68. The Labute approximate surface area is 124 Å². The maximum absolute atomic E-state index is 12.1. The van der Waals surface area contributed by atoms with E-state index in [2.05, 4.69) is 10.6 Å². The lowest BCUT2D eigenvalue weighted by Gasteiger charge is -2.22. The molecule has 0 aliphatic carbocycles. The van der Waals surface area contributed by atoms with Gasteiger partial charge in [0.25, 0.3) is 0 Å². The van der Waals surface area contributed by atoms with Crippen molar-refractivity contribution < 1.29 is 9.21 Å². The number of fused-ring (bicyclic) bond motifs is 1. The van der Waals surface area contributed by atoms with Crippen molar-refractivity contribution in [2.24, 2.45) is 0 Å². The molecule has 1 saturated heterocycles. The number of anilines is 1. The standard InChI is InChI=1S/C15H18N2O2.ClH/c1-10-8-11-9-12(5-6-14(11)19-10)17-15(18)13-4-2-3-7-16-13;/h5-6,8-9,13,16H,2-4,7H2,1H3,(H,17,18);1H/t13-;/m1./s1. The van der Waals surface area contributed by atoms with Crippen molar-refractivity contribution in [3.05, 3.63) is 30.0 Å². The third-order valence-electron chi connectivity index (χ3n) is 3.53. The number of furan rings is 1. The van der Waals surface area contributed by atoms with Crippen LogP contribution in [0.5, 0.6) is 0 Å². The summed E-state index contributed by atoms with van der Waals surface area (Å²) in [7, 11) is 0. The number of nitrogens with one attached hydrogen (secondary N) is 2. The number of hydrogen-bond acceptors (Lipinski definition) is 3. The second kappa shape index (κ2) is 6.29. The Morgan fingerprint density at radius 2 is 2.20 bits per heavy atom. The van der Waals surface area contributed by atoms with Crippen LogP contribution < -0.4 is 10.6 Å². The summed E-state index contributed by atoms with van der Waals surface area (Å²) in [5.74, 6) is 0.937. The van der Waals surface area contributed by atoms with Crippen molar-refractivity contribution >= 4 is 35.0 Å². The van der Waals surface area contributed by atoms with Gasteiger partial charge in [-0.15, -0.1) is 12.4 Å². The summed E-state index contributed by atoms with van der Waals surface area (Å²) in [5, 5.41) is 7.24. The monoisotopic (exact) mass is 294 g/mol. The van der Waals surface area contributed by atoms with Crippen LogP contribution in [0.3, 0.4) is 0 Å². The molecule has 1 amide bonds. The van der Waals surface area contributed by atoms with Crippen molar-refractivity contribution in [2.45, 2.75) is 32.2 Å². The lowest BCUT2D eigenvalue weighted by Crippen LogP contribution is -2.43. The Balaban J connectivity index is 0.00000147. The molecule has 1 fully saturated rings. The van der Waals surface area contributed by atoms with Gasteiger partial charge in [0.2, 0.25) is 5.91 Å². The number of carbonyl (C=O) groups is 1. The first-order chi connectivity index (χ1) is 9.22. The molecule has 3 rings (SSSR count). The van der Waals surface area contributed by atoms with E-state index in [-0.39, 0.29) is 24.4 Å². The molecule has 0 bridgehead atoms. The maximum atomic E-state index is 12.1. The zero-order valence-corrected chi connectivity index (χ0v) is 12.3. The summed E-state index contributed by atoms with van der Waals surface area (Å²) in [6.45, 7) is 2.85. The number of rotatable bonds is 2.